The van der Waals surface area contributed by atoms with Gasteiger partial charge < -0.3 is 15.3 Å². The molecule has 1 aliphatic carbocycles. The summed E-state index contributed by atoms with van der Waals surface area (Å²) in [4.78, 5) is 17.5. The Bertz CT molecular complexity index is 444. The molecule has 0 amide bonds. The molecule has 1 heterocycles. The standard InChI is InChI=1S/C13H19N3O2/c1-3-16(2)12-8-9(13(17)18)7-11(15-12)14-10-5-4-6-10/h7-8,10H,3-6H2,1-2H3,(H,14,15)(H,17,18). The van der Waals surface area contributed by atoms with Crippen molar-refractivity contribution in [3.63, 3.8) is 0 Å². The van der Waals surface area contributed by atoms with Gasteiger partial charge in [0, 0.05) is 19.6 Å². The first-order valence-corrected chi connectivity index (χ1v) is 6.33. The van der Waals surface area contributed by atoms with Gasteiger partial charge in [0.05, 0.1) is 5.56 Å². The number of carboxylic acids is 1. The van der Waals surface area contributed by atoms with Crippen molar-refractivity contribution in [2.75, 3.05) is 23.8 Å². The summed E-state index contributed by atoms with van der Waals surface area (Å²) in [6.45, 7) is 2.80. The topological polar surface area (TPSA) is 65.5 Å². The summed E-state index contributed by atoms with van der Waals surface area (Å²) >= 11 is 0. The Morgan fingerprint density at radius 1 is 1.56 bits per heavy atom. The van der Waals surface area contributed by atoms with Gasteiger partial charge in [-0.15, -0.1) is 0 Å². The van der Waals surface area contributed by atoms with Crippen molar-refractivity contribution in [3.05, 3.63) is 17.7 Å². The predicted octanol–water partition coefficient (Wildman–Crippen LogP) is 2.20. The monoisotopic (exact) mass is 249 g/mol. The van der Waals surface area contributed by atoms with Crippen molar-refractivity contribution in [3.8, 4) is 0 Å². The highest BCUT2D eigenvalue weighted by molar-refractivity contribution is 5.89. The molecule has 0 saturated heterocycles. The van der Waals surface area contributed by atoms with E-state index >= 15 is 0 Å². The summed E-state index contributed by atoms with van der Waals surface area (Å²) in [5, 5.41) is 12.4. The number of nitrogens with one attached hydrogen (secondary N) is 1. The van der Waals surface area contributed by atoms with Gasteiger partial charge in [0.15, 0.2) is 0 Å². The molecule has 0 aromatic carbocycles. The van der Waals surface area contributed by atoms with Gasteiger partial charge in [0.25, 0.3) is 0 Å². The molecular weight excluding hydrogens is 230 g/mol. The number of carbonyl (C=O) groups is 1. The van der Waals surface area contributed by atoms with Crippen LogP contribution in [-0.2, 0) is 0 Å². The highest BCUT2D eigenvalue weighted by atomic mass is 16.4. The molecule has 98 valence electrons. The van der Waals surface area contributed by atoms with Crippen LogP contribution < -0.4 is 10.2 Å². The predicted molar refractivity (Wildman–Crippen MR) is 71.4 cm³/mol. The molecule has 1 aliphatic rings. The molecule has 0 bridgehead atoms. The zero-order valence-corrected chi connectivity index (χ0v) is 10.8. The number of nitrogens with zero attached hydrogens (tertiary/aromatic N) is 2. The summed E-state index contributed by atoms with van der Waals surface area (Å²) in [5.74, 6) is 0.439. The fourth-order valence-corrected chi connectivity index (χ4v) is 1.83. The van der Waals surface area contributed by atoms with Crippen LogP contribution in [0, 0.1) is 0 Å². The Morgan fingerprint density at radius 2 is 2.28 bits per heavy atom. The second-order valence-corrected chi connectivity index (χ2v) is 4.69. The lowest BCUT2D eigenvalue weighted by Crippen LogP contribution is -2.28. The van der Waals surface area contributed by atoms with Crippen molar-refractivity contribution in [2.24, 2.45) is 0 Å². The third-order valence-corrected chi connectivity index (χ3v) is 3.38. The Morgan fingerprint density at radius 3 is 2.78 bits per heavy atom. The van der Waals surface area contributed by atoms with Gasteiger partial charge >= 0.3 is 5.97 Å². The normalized spacial score (nSPS) is 15.0. The van der Waals surface area contributed by atoms with Crippen molar-refractivity contribution in [1.82, 2.24) is 4.98 Å². The van der Waals surface area contributed by atoms with Crippen molar-refractivity contribution in [2.45, 2.75) is 32.2 Å². The maximum absolute atomic E-state index is 11.1. The number of aromatic nitrogens is 1. The first-order chi connectivity index (χ1) is 8.60. The van der Waals surface area contributed by atoms with Gasteiger partial charge in [0.1, 0.15) is 11.6 Å². The third-order valence-electron chi connectivity index (χ3n) is 3.38. The lowest BCUT2D eigenvalue weighted by Gasteiger charge is -2.27. The first-order valence-electron chi connectivity index (χ1n) is 6.33. The minimum atomic E-state index is -0.917. The van der Waals surface area contributed by atoms with Gasteiger partial charge in [-0.25, -0.2) is 9.78 Å². The largest absolute Gasteiger partial charge is 0.478 e. The number of rotatable bonds is 5. The van der Waals surface area contributed by atoms with Gasteiger partial charge in [-0.1, -0.05) is 0 Å². The average Bonchev–Trinajstić information content (AvgIpc) is 2.32. The lowest BCUT2D eigenvalue weighted by atomic mass is 9.93. The van der Waals surface area contributed by atoms with Crippen LogP contribution in [0.3, 0.4) is 0 Å². The summed E-state index contributed by atoms with van der Waals surface area (Å²) in [6, 6.07) is 3.66. The van der Waals surface area contributed by atoms with Gasteiger partial charge in [-0.2, -0.15) is 0 Å². The van der Waals surface area contributed by atoms with Crippen LogP contribution in [0.1, 0.15) is 36.5 Å². The van der Waals surface area contributed by atoms with Crippen LogP contribution in [0.15, 0.2) is 12.1 Å². The summed E-state index contributed by atoms with van der Waals surface area (Å²) in [6.07, 6.45) is 3.51. The van der Waals surface area contributed by atoms with E-state index in [1.165, 1.54) is 6.42 Å². The molecular formula is C13H19N3O2. The van der Waals surface area contributed by atoms with Crippen LogP contribution >= 0.6 is 0 Å². The maximum atomic E-state index is 11.1. The second kappa shape index (κ2) is 5.25. The Labute approximate surface area is 107 Å². The number of carboxylic acid groups (broad SMARTS) is 1. The van der Waals surface area contributed by atoms with Crippen molar-refractivity contribution >= 4 is 17.6 Å². The van der Waals surface area contributed by atoms with Crippen molar-refractivity contribution in [1.29, 1.82) is 0 Å². The number of pyridine rings is 1. The SMILES string of the molecule is CCN(C)c1cc(C(=O)O)cc(NC2CCC2)n1. The van der Waals surface area contributed by atoms with Crippen LogP contribution in [0.25, 0.3) is 0 Å². The van der Waals surface area contributed by atoms with E-state index in [9.17, 15) is 4.79 Å². The van der Waals surface area contributed by atoms with E-state index < -0.39 is 5.97 Å². The molecule has 2 N–H and O–H groups in total. The van der Waals surface area contributed by atoms with E-state index in [1.807, 2.05) is 18.9 Å². The smallest absolute Gasteiger partial charge is 0.335 e. The highest BCUT2D eigenvalue weighted by Gasteiger charge is 2.19. The van der Waals surface area contributed by atoms with E-state index in [4.69, 9.17) is 5.11 Å². The van der Waals surface area contributed by atoms with E-state index in [1.54, 1.807) is 12.1 Å². The maximum Gasteiger partial charge on any atom is 0.335 e. The molecule has 0 atom stereocenters. The molecule has 1 fully saturated rings. The molecule has 18 heavy (non-hydrogen) atoms. The number of anilines is 2. The zero-order chi connectivity index (χ0) is 13.1. The van der Waals surface area contributed by atoms with Crippen molar-refractivity contribution < 1.29 is 9.90 Å². The molecule has 5 nitrogen and oxygen atoms in total. The molecule has 0 aliphatic heterocycles. The molecule has 0 radical (unpaired) electrons. The Hall–Kier alpha value is -1.78. The van der Waals surface area contributed by atoms with E-state index in [0.29, 0.717) is 17.7 Å². The lowest BCUT2D eigenvalue weighted by molar-refractivity contribution is 0.0697. The fraction of sp³-hybridized carbons (Fsp3) is 0.538. The average molecular weight is 249 g/mol. The van der Waals surface area contributed by atoms with E-state index in [0.717, 1.165) is 19.4 Å². The Kier molecular flexibility index (Phi) is 3.69. The molecule has 1 aromatic heterocycles. The third kappa shape index (κ3) is 2.72. The van der Waals surface area contributed by atoms with Crippen LogP contribution in [0.5, 0.6) is 0 Å². The van der Waals surface area contributed by atoms with Crippen LogP contribution in [0.4, 0.5) is 11.6 Å². The van der Waals surface area contributed by atoms with Crippen LogP contribution in [0.2, 0.25) is 0 Å². The van der Waals surface area contributed by atoms with Gasteiger partial charge in [-0.3, -0.25) is 0 Å². The summed E-state index contributed by atoms with van der Waals surface area (Å²) in [7, 11) is 1.90. The molecule has 1 saturated carbocycles. The molecule has 0 spiro atoms. The van der Waals surface area contributed by atoms with E-state index in [2.05, 4.69) is 10.3 Å². The Balaban J connectivity index is 2.26. The summed E-state index contributed by atoms with van der Waals surface area (Å²) < 4.78 is 0. The van der Waals surface area contributed by atoms with Crippen LogP contribution in [-0.4, -0.2) is 35.7 Å². The number of aromatic carboxylic acids is 1. The summed E-state index contributed by atoms with van der Waals surface area (Å²) in [5.41, 5.74) is 0.280. The van der Waals surface area contributed by atoms with Gasteiger partial charge in [0.2, 0.25) is 0 Å². The quantitative estimate of drug-likeness (QED) is 0.837. The minimum absolute atomic E-state index is 0.280. The fourth-order valence-electron chi connectivity index (χ4n) is 1.83. The number of hydrogen-bond donors (Lipinski definition) is 2. The number of hydrogen-bond acceptors (Lipinski definition) is 4. The first kappa shape index (κ1) is 12.7. The zero-order valence-electron chi connectivity index (χ0n) is 10.8. The highest BCUT2D eigenvalue weighted by Crippen LogP contribution is 2.24. The second-order valence-electron chi connectivity index (χ2n) is 4.69. The molecule has 5 heteroatoms. The molecule has 0 unspecified atom stereocenters. The van der Waals surface area contributed by atoms with E-state index in [-0.39, 0.29) is 5.56 Å². The molecule has 1 aromatic rings. The van der Waals surface area contributed by atoms with Gasteiger partial charge in [-0.05, 0) is 38.3 Å². The molecule has 2 rings (SSSR count). The minimum Gasteiger partial charge on any atom is -0.478 e.